The molecule has 0 bridgehead atoms. The van der Waals surface area contributed by atoms with Gasteiger partial charge in [-0.15, -0.1) is 5.10 Å². The highest BCUT2D eigenvalue weighted by atomic mass is 16.5. The first-order valence-electron chi connectivity index (χ1n) is 9.19. The van der Waals surface area contributed by atoms with Gasteiger partial charge in [0.25, 0.3) is 0 Å². The second-order valence-corrected chi connectivity index (χ2v) is 6.64. The lowest BCUT2D eigenvalue weighted by Gasteiger charge is -2.05. The monoisotopic (exact) mass is 381 g/mol. The van der Waals surface area contributed by atoms with E-state index in [9.17, 15) is 5.11 Å². The van der Waals surface area contributed by atoms with Gasteiger partial charge >= 0.3 is 0 Å². The molecule has 0 spiro atoms. The highest BCUT2D eigenvalue weighted by molar-refractivity contribution is 5.93. The summed E-state index contributed by atoms with van der Waals surface area (Å²) < 4.78 is 14.8. The number of aryl methyl sites for hydroxylation is 2. The number of hydrogen-bond acceptors (Lipinski definition) is 6. The van der Waals surface area contributed by atoms with Crippen molar-refractivity contribution in [1.82, 2.24) is 24.1 Å². The Morgan fingerprint density at radius 2 is 1.82 bits per heavy atom. The van der Waals surface area contributed by atoms with Gasteiger partial charge in [0.1, 0.15) is 30.1 Å². The standard InChI is InChI=1S/C20H23N5O3/c1-13-14(2)24(9-4-10-26)19-18(13)20-22-17(23-25(20)12-21-19)11-28-16-7-5-15(27-3)6-8-16/h5-8,12,26H,4,9-11H2,1-3H3. The van der Waals surface area contributed by atoms with Crippen LogP contribution in [-0.2, 0) is 13.2 Å². The fraction of sp³-hybridized carbons (Fsp3) is 0.350. The van der Waals surface area contributed by atoms with Crippen LogP contribution in [0.5, 0.6) is 11.5 Å². The maximum absolute atomic E-state index is 9.17. The quantitative estimate of drug-likeness (QED) is 0.530. The number of aromatic nitrogens is 5. The molecule has 0 fully saturated rings. The largest absolute Gasteiger partial charge is 0.497 e. The number of methoxy groups -OCH3 is 1. The van der Waals surface area contributed by atoms with E-state index >= 15 is 0 Å². The van der Waals surface area contributed by atoms with E-state index in [0.717, 1.165) is 46.0 Å². The van der Waals surface area contributed by atoms with Crippen LogP contribution in [0.4, 0.5) is 0 Å². The summed E-state index contributed by atoms with van der Waals surface area (Å²) in [5, 5.41) is 14.7. The first-order valence-corrected chi connectivity index (χ1v) is 9.19. The summed E-state index contributed by atoms with van der Waals surface area (Å²) in [7, 11) is 1.63. The molecule has 0 aliphatic rings. The van der Waals surface area contributed by atoms with Crippen LogP contribution >= 0.6 is 0 Å². The third-order valence-corrected chi connectivity index (χ3v) is 4.96. The number of aliphatic hydroxyl groups is 1. The van der Waals surface area contributed by atoms with Crippen LogP contribution in [-0.4, -0.2) is 43.0 Å². The van der Waals surface area contributed by atoms with Crippen molar-refractivity contribution in [2.75, 3.05) is 13.7 Å². The minimum Gasteiger partial charge on any atom is -0.497 e. The van der Waals surface area contributed by atoms with Gasteiger partial charge in [-0.25, -0.2) is 14.5 Å². The predicted molar refractivity (Wildman–Crippen MR) is 105 cm³/mol. The number of benzene rings is 1. The number of aliphatic hydroxyl groups excluding tert-OH is 1. The molecular weight excluding hydrogens is 358 g/mol. The van der Waals surface area contributed by atoms with Gasteiger partial charge < -0.3 is 19.1 Å². The van der Waals surface area contributed by atoms with Crippen molar-refractivity contribution in [3.8, 4) is 11.5 Å². The average molecular weight is 381 g/mol. The van der Waals surface area contributed by atoms with Gasteiger partial charge in [0.2, 0.25) is 0 Å². The first-order chi connectivity index (χ1) is 13.6. The van der Waals surface area contributed by atoms with Crippen molar-refractivity contribution in [3.05, 3.63) is 47.7 Å². The Hall–Kier alpha value is -3.13. The predicted octanol–water partition coefficient (Wildman–Crippen LogP) is 2.67. The Labute approximate surface area is 162 Å². The molecule has 4 aromatic rings. The molecule has 8 nitrogen and oxygen atoms in total. The second kappa shape index (κ2) is 7.47. The molecule has 1 N–H and O–H groups in total. The van der Waals surface area contributed by atoms with E-state index in [0.29, 0.717) is 12.2 Å². The minimum atomic E-state index is 0.151. The van der Waals surface area contributed by atoms with Crippen LogP contribution in [0.25, 0.3) is 16.7 Å². The van der Waals surface area contributed by atoms with Crippen LogP contribution in [0, 0.1) is 13.8 Å². The fourth-order valence-corrected chi connectivity index (χ4v) is 3.36. The molecule has 0 aliphatic carbocycles. The van der Waals surface area contributed by atoms with Crippen molar-refractivity contribution in [3.63, 3.8) is 0 Å². The average Bonchev–Trinajstić information content (AvgIpc) is 3.24. The van der Waals surface area contributed by atoms with Crippen LogP contribution < -0.4 is 9.47 Å². The van der Waals surface area contributed by atoms with Crippen molar-refractivity contribution in [2.24, 2.45) is 0 Å². The molecule has 8 heteroatoms. The minimum absolute atomic E-state index is 0.151. The lowest BCUT2D eigenvalue weighted by Crippen LogP contribution is -2.03. The van der Waals surface area contributed by atoms with Gasteiger partial charge in [-0.2, -0.15) is 0 Å². The lowest BCUT2D eigenvalue weighted by molar-refractivity contribution is 0.280. The molecule has 1 aromatic carbocycles. The number of ether oxygens (including phenoxy) is 2. The van der Waals surface area contributed by atoms with Crippen LogP contribution in [0.2, 0.25) is 0 Å². The molecule has 146 valence electrons. The van der Waals surface area contributed by atoms with Gasteiger partial charge in [-0.05, 0) is 50.1 Å². The van der Waals surface area contributed by atoms with E-state index < -0.39 is 0 Å². The highest BCUT2D eigenvalue weighted by Gasteiger charge is 2.17. The van der Waals surface area contributed by atoms with Crippen molar-refractivity contribution >= 4 is 16.7 Å². The Kier molecular flexibility index (Phi) is 4.87. The molecule has 3 heterocycles. The molecule has 0 saturated heterocycles. The molecule has 28 heavy (non-hydrogen) atoms. The van der Waals surface area contributed by atoms with Gasteiger partial charge in [0.05, 0.1) is 12.5 Å². The van der Waals surface area contributed by atoms with Crippen LogP contribution in [0.1, 0.15) is 23.5 Å². The molecule has 0 atom stereocenters. The molecule has 4 rings (SSSR count). The molecule has 0 amide bonds. The van der Waals surface area contributed by atoms with E-state index in [1.165, 1.54) is 0 Å². The van der Waals surface area contributed by atoms with Crippen molar-refractivity contribution in [2.45, 2.75) is 33.4 Å². The zero-order chi connectivity index (χ0) is 19.7. The van der Waals surface area contributed by atoms with Crippen molar-refractivity contribution in [1.29, 1.82) is 0 Å². The smallest absolute Gasteiger partial charge is 0.189 e. The molecule has 0 radical (unpaired) electrons. The Morgan fingerprint density at radius 1 is 1.07 bits per heavy atom. The normalized spacial score (nSPS) is 11.4. The number of hydrogen-bond donors (Lipinski definition) is 1. The van der Waals surface area contributed by atoms with Gasteiger partial charge in [-0.3, -0.25) is 0 Å². The summed E-state index contributed by atoms with van der Waals surface area (Å²) >= 11 is 0. The van der Waals surface area contributed by atoms with Gasteiger partial charge in [0, 0.05) is 18.8 Å². The number of fused-ring (bicyclic) bond motifs is 3. The maximum atomic E-state index is 9.17. The molecule has 0 saturated carbocycles. The lowest BCUT2D eigenvalue weighted by atomic mass is 10.2. The second-order valence-electron chi connectivity index (χ2n) is 6.64. The summed E-state index contributed by atoms with van der Waals surface area (Å²) in [4.78, 5) is 9.27. The zero-order valence-electron chi connectivity index (χ0n) is 16.2. The summed E-state index contributed by atoms with van der Waals surface area (Å²) in [6, 6.07) is 7.40. The van der Waals surface area contributed by atoms with Crippen LogP contribution in [0.3, 0.4) is 0 Å². The Morgan fingerprint density at radius 3 is 2.54 bits per heavy atom. The van der Waals surface area contributed by atoms with Gasteiger partial charge in [-0.1, -0.05) is 0 Å². The summed E-state index contributed by atoms with van der Waals surface area (Å²) in [5.41, 5.74) is 3.89. The van der Waals surface area contributed by atoms with Gasteiger partial charge in [0.15, 0.2) is 11.5 Å². The first kappa shape index (κ1) is 18.2. The fourth-order valence-electron chi connectivity index (χ4n) is 3.36. The maximum Gasteiger partial charge on any atom is 0.189 e. The van der Waals surface area contributed by atoms with E-state index in [1.807, 2.05) is 24.3 Å². The molecular formula is C20H23N5O3. The summed E-state index contributed by atoms with van der Waals surface area (Å²) in [6.45, 7) is 5.26. The van der Waals surface area contributed by atoms with E-state index in [2.05, 4.69) is 33.5 Å². The number of nitrogens with zero attached hydrogens (tertiary/aromatic N) is 5. The highest BCUT2D eigenvalue weighted by Crippen LogP contribution is 2.27. The number of rotatable bonds is 7. The summed E-state index contributed by atoms with van der Waals surface area (Å²) in [6.07, 6.45) is 2.36. The molecule has 0 unspecified atom stereocenters. The van der Waals surface area contributed by atoms with Crippen molar-refractivity contribution < 1.29 is 14.6 Å². The molecule has 3 aromatic heterocycles. The Balaban J connectivity index is 1.65. The summed E-state index contributed by atoms with van der Waals surface area (Å²) in [5.74, 6) is 2.10. The molecule has 0 aliphatic heterocycles. The van der Waals surface area contributed by atoms with E-state index in [4.69, 9.17) is 9.47 Å². The van der Waals surface area contributed by atoms with E-state index in [1.54, 1.807) is 18.0 Å². The van der Waals surface area contributed by atoms with Crippen LogP contribution in [0.15, 0.2) is 30.6 Å². The zero-order valence-corrected chi connectivity index (χ0v) is 16.2. The third kappa shape index (κ3) is 3.16. The SMILES string of the molecule is COc1ccc(OCc2nc3c4c(C)c(C)n(CCCO)c4ncn3n2)cc1. The third-order valence-electron chi connectivity index (χ3n) is 4.96. The van der Waals surface area contributed by atoms with E-state index in [-0.39, 0.29) is 13.2 Å². The topological polar surface area (TPSA) is 86.7 Å². The Bertz CT molecular complexity index is 1110.